The molecule has 0 aromatic heterocycles. The lowest BCUT2D eigenvalue weighted by molar-refractivity contribution is -0.142. The summed E-state index contributed by atoms with van der Waals surface area (Å²) in [6.07, 6.45) is 1.38. The number of nitrogens with zero attached hydrogens (tertiary/aromatic N) is 1. The van der Waals surface area contributed by atoms with Crippen LogP contribution in [-0.4, -0.2) is 42.9 Å². The second kappa shape index (κ2) is 8.34. The summed E-state index contributed by atoms with van der Waals surface area (Å²) in [5.74, 6) is -0.280. The van der Waals surface area contributed by atoms with E-state index in [9.17, 15) is 14.4 Å². The average Bonchev–Trinajstić information content (AvgIpc) is 2.64. The summed E-state index contributed by atoms with van der Waals surface area (Å²) in [5, 5.41) is 2.95. The van der Waals surface area contributed by atoms with Gasteiger partial charge in [0.2, 0.25) is 11.8 Å². The fraction of sp³-hybridized carbons (Fsp3) is 0.550. The van der Waals surface area contributed by atoms with Gasteiger partial charge in [0.05, 0.1) is 12.7 Å². The minimum absolute atomic E-state index is 0.0184. The van der Waals surface area contributed by atoms with Crippen LogP contribution in [0.5, 0.6) is 0 Å². The van der Waals surface area contributed by atoms with Crippen LogP contribution in [0.15, 0.2) is 24.3 Å². The van der Waals surface area contributed by atoms with Crippen LogP contribution < -0.4 is 5.32 Å². The Labute approximate surface area is 154 Å². The molecule has 0 radical (unpaired) electrons. The maximum atomic E-state index is 12.4. The van der Waals surface area contributed by atoms with Crippen LogP contribution >= 0.6 is 0 Å². The Balaban J connectivity index is 1.81. The van der Waals surface area contributed by atoms with Crippen molar-refractivity contribution in [2.24, 2.45) is 11.3 Å². The molecule has 1 aliphatic rings. The summed E-state index contributed by atoms with van der Waals surface area (Å²) in [5.41, 5.74) is 1.02. The van der Waals surface area contributed by atoms with E-state index < -0.39 is 0 Å². The Morgan fingerprint density at radius 1 is 1.12 bits per heavy atom. The van der Waals surface area contributed by atoms with Crippen LogP contribution in [0.1, 0.15) is 49.5 Å². The third-order valence-corrected chi connectivity index (χ3v) is 4.64. The number of esters is 1. The maximum Gasteiger partial charge on any atom is 0.337 e. The zero-order valence-electron chi connectivity index (χ0n) is 16.0. The van der Waals surface area contributed by atoms with E-state index in [1.54, 1.807) is 24.3 Å². The fourth-order valence-electron chi connectivity index (χ4n) is 3.03. The Bertz CT molecular complexity index is 653. The van der Waals surface area contributed by atoms with E-state index in [1.165, 1.54) is 7.11 Å². The molecule has 1 aromatic carbocycles. The second-order valence-corrected chi connectivity index (χ2v) is 7.72. The molecule has 0 atom stereocenters. The van der Waals surface area contributed by atoms with E-state index in [1.807, 2.05) is 25.7 Å². The van der Waals surface area contributed by atoms with Crippen LogP contribution in [0.2, 0.25) is 0 Å². The first-order valence-electron chi connectivity index (χ1n) is 8.96. The molecule has 26 heavy (non-hydrogen) atoms. The van der Waals surface area contributed by atoms with Crippen molar-refractivity contribution in [2.75, 3.05) is 20.2 Å². The third kappa shape index (κ3) is 5.07. The summed E-state index contributed by atoms with van der Waals surface area (Å²) in [7, 11) is 1.34. The van der Waals surface area contributed by atoms with Crippen molar-refractivity contribution in [3.05, 3.63) is 35.4 Å². The van der Waals surface area contributed by atoms with Crippen molar-refractivity contribution in [3.63, 3.8) is 0 Å². The Hall–Kier alpha value is -2.37. The molecule has 1 saturated heterocycles. The van der Waals surface area contributed by atoms with Gasteiger partial charge in [-0.2, -0.15) is 0 Å². The predicted octanol–water partition coefficient (Wildman–Crippen LogP) is 2.37. The van der Waals surface area contributed by atoms with Gasteiger partial charge in [-0.3, -0.25) is 9.59 Å². The van der Waals surface area contributed by atoms with E-state index in [-0.39, 0.29) is 29.1 Å². The first-order chi connectivity index (χ1) is 12.2. The van der Waals surface area contributed by atoms with Crippen molar-refractivity contribution in [2.45, 2.75) is 40.2 Å². The summed E-state index contributed by atoms with van der Waals surface area (Å²) in [6, 6.07) is 6.97. The van der Waals surface area contributed by atoms with E-state index in [0.717, 1.165) is 5.56 Å². The quantitative estimate of drug-likeness (QED) is 0.837. The molecule has 0 saturated carbocycles. The lowest BCUT2D eigenvalue weighted by Crippen LogP contribution is -2.46. The van der Waals surface area contributed by atoms with Crippen molar-refractivity contribution in [1.29, 1.82) is 0 Å². The highest BCUT2D eigenvalue weighted by Gasteiger charge is 2.32. The van der Waals surface area contributed by atoms with Crippen molar-refractivity contribution < 1.29 is 19.1 Å². The van der Waals surface area contributed by atoms with E-state index in [4.69, 9.17) is 0 Å². The fourth-order valence-corrected chi connectivity index (χ4v) is 3.03. The highest BCUT2D eigenvalue weighted by Crippen LogP contribution is 2.23. The number of hydrogen-bond donors (Lipinski definition) is 1. The minimum Gasteiger partial charge on any atom is -0.465 e. The van der Waals surface area contributed by atoms with Crippen LogP contribution in [-0.2, 0) is 20.9 Å². The number of carbonyl (C=O) groups excluding carboxylic acids is 3. The molecule has 142 valence electrons. The molecule has 1 N–H and O–H groups in total. The van der Waals surface area contributed by atoms with E-state index in [2.05, 4.69) is 10.1 Å². The largest absolute Gasteiger partial charge is 0.465 e. The zero-order valence-corrected chi connectivity index (χ0v) is 16.0. The number of methoxy groups -OCH3 is 1. The third-order valence-electron chi connectivity index (χ3n) is 4.64. The number of amides is 2. The number of piperidine rings is 1. The van der Waals surface area contributed by atoms with Gasteiger partial charge in [0.15, 0.2) is 0 Å². The smallest absolute Gasteiger partial charge is 0.337 e. The zero-order chi connectivity index (χ0) is 19.3. The molecule has 0 bridgehead atoms. The van der Waals surface area contributed by atoms with Gasteiger partial charge in [0.25, 0.3) is 0 Å². The van der Waals surface area contributed by atoms with E-state index >= 15 is 0 Å². The number of rotatable bonds is 4. The second-order valence-electron chi connectivity index (χ2n) is 7.72. The normalized spacial score (nSPS) is 15.5. The Kier molecular flexibility index (Phi) is 6.40. The molecule has 2 rings (SSSR count). The van der Waals surface area contributed by atoms with Crippen molar-refractivity contribution in [1.82, 2.24) is 10.2 Å². The molecule has 1 heterocycles. The molecule has 0 unspecified atom stereocenters. The van der Waals surface area contributed by atoms with Gasteiger partial charge in [-0.25, -0.2) is 4.79 Å². The minimum atomic E-state index is -0.383. The molecule has 2 amide bonds. The molecule has 6 heteroatoms. The lowest BCUT2D eigenvalue weighted by atomic mass is 9.90. The average molecular weight is 360 g/mol. The highest BCUT2D eigenvalue weighted by atomic mass is 16.5. The van der Waals surface area contributed by atoms with Gasteiger partial charge in [-0.15, -0.1) is 0 Å². The highest BCUT2D eigenvalue weighted by molar-refractivity contribution is 5.89. The lowest BCUT2D eigenvalue weighted by Gasteiger charge is -2.35. The molecule has 1 aliphatic heterocycles. The van der Waals surface area contributed by atoms with Crippen LogP contribution in [0.25, 0.3) is 0 Å². The van der Waals surface area contributed by atoms with Gasteiger partial charge < -0.3 is 15.0 Å². The van der Waals surface area contributed by atoms with Gasteiger partial charge in [0, 0.05) is 31.0 Å². The Morgan fingerprint density at radius 3 is 2.19 bits per heavy atom. The molecular weight excluding hydrogens is 332 g/mol. The topological polar surface area (TPSA) is 75.7 Å². The standard InChI is InChI=1S/C20H28N2O4/c1-20(2,3)19(25)22-11-9-15(10-12-22)17(23)21-13-14-5-7-16(8-6-14)18(24)26-4/h5-8,15H,9-13H2,1-4H3,(H,21,23). The van der Waals surface area contributed by atoms with Crippen LogP contribution in [0.3, 0.4) is 0 Å². The van der Waals surface area contributed by atoms with Crippen molar-refractivity contribution >= 4 is 17.8 Å². The maximum absolute atomic E-state index is 12.4. The van der Waals surface area contributed by atoms with E-state index in [0.29, 0.717) is 38.0 Å². The van der Waals surface area contributed by atoms with Gasteiger partial charge in [-0.05, 0) is 30.5 Å². The molecule has 6 nitrogen and oxygen atoms in total. The van der Waals surface area contributed by atoms with Gasteiger partial charge in [-0.1, -0.05) is 32.9 Å². The monoisotopic (exact) mass is 360 g/mol. The summed E-state index contributed by atoms with van der Waals surface area (Å²) in [6.45, 7) is 7.42. The van der Waals surface area contributed by atoms with Crippen molar-refractivity contribution in [3.8, 4) is 0 Å². The number of carbonyl (C=O) groups is 3. The summed E-state index contributed by atoms with van der Waals surface area (Å²) >= 11 is 0. The molecular formula is C20H28N2O4. The number of benzene rings is 1. The number of likely N-dealkylation sites (tertiary alicyclic amines) is 1. The van der Waals surface area contributed by atoms with Gasteiger partial charge in [0.1, 0.15) is 0 Å². The summed E-state index contributed by atoms with van der Waals surface area (Å²) < 4.78 is 4.66. The molecule has 1 aromatic rings. The van der Waals surface area contributed by atoms with Crippen LogP contribution in [0, 0.1) is 11.3 Å². The number of ether oxygens (including phenoxy) is 1. The number of nitrogens with one attached hydrogen (secondary N) is 1. The Morgan fingerprint density at radius 2 is 1.69 bits per heavy atom. The van der Waals surface area contributed by atoms with Gasteiger partial charge >= 0.3 is 5.97 Å². The summed E-state index contributed by atoms with van der Waals surface area (Å²) in [4.78, 5) is 37.9. The molecule has 0 aliphatic carbocycles. The first kappa shape index (κ1) is 19.9. The molecule has 0 spiro atoms. The number of hydrogen-bond acceptors (Lipinski definition) is 4. The molecule has 1 fully saturated rings. The SMILES string of the molecule is COC(=O)c1ccc(CNC(=O)C2CCN(C(=O)C(C)(C)C)CC2)cc1. The first-order valence-corrected chi connectivity index (χ1v) is 8.96. The van der Waals surface area contributed by atoms with Crippen LogP contribution in [0.4, 0.5) is 0 Å². The predicted molar refractivity (Wildman–Crippen MR) is 98.4 cm³/mol.